The van der Waals surface area contributed by atoms with Crippen molar-refractivity contribution in [3.8, 4) is 5.75 Å². The Morgan fingerprint density at radius 3 is 2.48 bits per heavy atom. The number of benzene rings is 1. The fourth-order valence-electron chi connectivity index (χ4n) is 2.00. The van der Waals surface area contributed by atoms with Crippen molar-refractivity contribution in [2.24, 2.45) is 5.10 Å². The van der Waals surface area contributed by atoms with Crippen molar-refractivity contribution >= 4 is 46.4 Å². The Bertz CT molecular complexity index is 553. The van der Waals surface area contributed by atoms with Gasteiger partial charge in [-0.15, -0.1) is 0 Å². The molecule has 1 fully saturated rings. The van der Waals surface area contributed by atoms with Gasteiger partial charge in [-0.2, -0.15) is 5.10 Å². The number of rotatable bonds is 4. The van der Waals surface area contributed by atoms with Crippen LogP contribution in [0, 0.1) is 0 Å². The van der Waals surface area contributed by atoms with Crippen LogP contribution < -0.4 is 10.2 Å². The van der Waals surface area contributed by atoms with E-state index in [0.29, 0.717) is 20.8 Å². The second kappa shape index (κ2) is 7.87. The Labute approximate surface area is 138 Å². The molecule has 0 saturated heterocycles. The third kappa shape index (κ3) is 5.06. The normalized spacial score (nSPS) is 14.7. The van der Waals surface area contributed by atoms with Crippen molar-refractivity contribution in [2.75, 3.05) is 6.61 Å². The molecule has 1 aromatic rings. The van der Waals surface area contributed by atoms with E-state index < -0.39 is 0 Å². The smallest absolute Gasteiger partial charge is 0.277 e. The predicted molar refractivity (Wildman–Crippen MR) is 85.6 cm³/mol. The van der Waals surface area contributed by atoms with Gasteiger partial charge in [-0.3, -0.25) is 4.79 Å². The summed E-state index contributed by atoms with van der Waals surface area (Å²) in [5.41, 5.74) is 3.52. The van der Waals surface area contributed by atoms with E-state index in [1.807, 2.05) is 0 Å². The van der Waals surface area contributed by atoms with Gasteiger partial charge in [-0.05, 0) is 31.7 Å². The summed E-state index contributed by atoms with van der Waals surface area (Å²) in [5, 5.41) is 5.06. The minimum Gasteiger partial charge on any atom is -0.482 e. The van der Waals surface area contributed by atoms with Gasteiger partial charge in [0.05, 0.1) is 15.1 Å². The number of halogens is 3. The fourth-order valence-corrected chi connectivity index (χ4v) is 2.59. The zero-order chi connectivity index (χ0) is 15.2. The average molecular weight is 350 g/mol. The third-order valence-corrected chi connectivity index (χ3v) is 4.12. The highest BCUT2D eigenvalue weighted by molar-refractivity contribution is 6.43. The molecule has 1 aliphatic rings. The van der Waals surface area contributed by atoms with E-state index in [2.05, 4.69) is 10.5 Å². The maximum absolute atomic E-state index is 11.7. The van der Waals surface area contributed by atoms with Crippen molar-refractivity contribution in [1.82, 2.24) is 5.43 Å². The van der Waals surface area contributed by atoms with Crippen LogP contribution in [-0.2, 0) is 4.79 Å². The molecule has 114 valence electrons. The maximum atomic E-state index is 11.7. The molecule has 1 aliphatic carbocycles. The molecule has 0 heterocycles. The van der Waals surface area contributed by atoms with Crippen molar-refractivity contribution in [3.05, 3.63) is 27.2 Å². The number of amides is 1. The van der Waals surface area contributed by atoms with Gasteiger partial charge in [0.1, 0.15) is 5.75 Å². The number of hydrogen-bond donors (Lipinski definition) is 1. The van der Waals surface area contributed by atoms with E-state index in [0.717, 1.165) is 31.4 Å². The van der Waals surface area contributed by atoms with Crippen LogP contribution in [0.5, 0.6) is 5.75 Å². The van der Waals surface area contributed by atoms with E-state index in [1.54, 1.807) is 0 Å². The molecule has 0 bridgehead atoms. The lowest BCUT2D eigenvalue weighted by atomic mass is 9.99. The van der Waals surface area contributed by atoms with E-state index in [-0.39, 0.29) is 12.5 Å². The quantitative estimate of drug-likeness (QED) is 0.644. The van der Waals surface area contributed by atoms with Gasteiger partial charge in [0.2, 0.25) is 0 Å². The molecule has 0 atom stereocenters. The molecule has 0 unspecified atom stereocenters. The lowest BCUT2D eigenvalue weighted by molar-refractivity contribution is -0.123. The molecule has 1 aromatic carbocycles. The van der Waals surface area contributed by atoms with Gasteiger partial charge in [0.15, 0.2) is 6.61 Å². The highest BCUT2D eigenvalue weighted by Gasteiger charge is 2.10. The van der Waals surface area contributed by atoms with Crippen LogP contribution in [0.25, 0.3) is 0 Å². The van der Waals surface area contributed by atoms with Crippen LogP contribution in [0.1, 0.15) is 32.1 Å². The fraction of sp³-hybridized carbons (Fsp3) is 0.429. The van der Waals surface area contributed by atoms with Gasteiger partial charge >= 0.3 is 0 Å². The van der Waals surface area contributed by atoms with Crippen LogP contribution in [-0.4, -0.2) is 18.2 Å². The van der Waals surface area contributed by atoms with Crippen molar-refractivity contribution in [1.29, 1.82) is 0 Å². The zero-order valence-electron chi connectivity index (χ0n) is 11.3. The summed E-state index contributed by atoms with van der Waals surface area (Å²) >= 11 is 17.6. The number of hydrogen-bond acceptors (Lipinski definition) is 3. The SMILES string of the molecule is O=C(COc1cc(Cl)c(Cl)cc1Cl)NN=C1CCCCC1. The minimum atomic E-state index is -0.338. The number of hydrazone groups is 1. The summed E-state index contributed by atoms with van der Waals surface area (Å²) in [7, 11) is 0. The molecule has 0 aliphatic heterocycles. The topological polar surface area (TPSA) is 50.7 Å². The molecule has 1 amide bonds. The van der Waals surface area contributed by atoms with Gasteiger partial charge < -0.3 is 4.74 Å². The van der Waals surface area contributed by atoms with Crippen molar-refractivity contribution in [2.45, 2.75) is 32.1 Å². The van der Waals surface area contributed by atoms with Crippen molar-refractivity contribution in [3.63, 3.8) is 0 Å². The second-order valence-electron chi connectivity index (χ2n) is 4.76. The third-order valence-electron chi connectivity index (χ3n) is 3.10. The molecule has 1 N–H and O–H groups in total. The molecule has 0 radical (unpaired) electrons. The van der Waals surface area contributed by atoms with Crippen LogP contribution in [0.2, 0.25) is 15.1 Å². The van der Waals surface area contributed by atoms with Gasteiger partial charge in [0, 0.05) is 11.8 Å². The first-order valence-electron chi connectivity index (χ1n) is 6.68. The maximum Gasteiger partial charge on any atom is 0.277 e. The van der Waals surface area contributed by atoms with E-state index in [1.165, 1.54) is 18.6 Å². The van der Waals surface area contributed by atoms with E-state index in [9.17, 15) is 4.79 Å². The van der Waals surface area contributed by atoms with E-state index >= 15 is 0 Å². The van der Waals surface area contributed by atoms with Gasteiger partial charge in [0.25, 0.3) is 5.91 Å². The molecule has 7 heteroatoms. The number of ether oxygens (including phenoxy) is 1. The Morgan fingerprint density at radius 2 is 1.76 bits per heavy atom. The molecule has 21 heavy (non-hydrogen) atoms. The zero-order valence-corrected chi connectivity index (χ0v) is 13.6. The van der Waals surface area contributed by atoms with Crippen LogP contribution in [0.15, 0.2) is 17.2 Å². The largest absolute Gasteiger partial charge is 0.482 e. The first-order chi connectivity index (χ1) is 10.1. The Balaban J connectivity index is 1.85. The van der Waals surface area contributed by atoms with Crippen molar-refractivity contribution < 1.29 is 9.53 Å². The minimum absolute atomic E-state index is 0.186. The summed E-state index contributed by atoms with van der Waals surface area (Å²) in [5.74, 6) is -0.0262. The number of carbonyl (C=O) groups excluding carboxylic acids is 1. The summed E-state index contributed by atoms with van der Waals surface area (Å²) in [4.78, 5) is 11.7. The first-order valence-corrected chi connectivity index (χ1v) is 7.81. The molecule has 4 nitrogen and oxygen atoms in total. The highest BCUT2D eigenvalue weighted by Crippen LogP contribution is 2.33. The molecule has 2 rings (SSSR count). The Kier molecular flexibility index (Phi) is 6.15. The molecule has 0 aromatic heterocycles. The number of nitrogens with one attached hydrogen (secondary N) is 1. The number of carbonyl (C=O) groups is 1. The lowest BCUT2D eigenvalue weighted by Gasteiger charge is -2.12. The van der Waals surface area contributed by atoms with Crippen LogP contribution in [0.4, 0.5) is 0 Å². The Hall–Kier alpha value is -0.970. The van der Waals surface area contributed by atoms with Gasteiger partial charge in [-0.25, -0.2) is 5.43 Å². The standard InChI is InChI=1S/C14H15Cl3N2O2/c15-10-6-12(17)13(7-11(10)16)21-8-14(20)19-18-9-4-2-1-3-5-9/h6-7H,1-5,8H2,(H,19,20). The second-order valence-corrected chi connectivity index (χ2v) is 5.98. The highest BCUT2D eigenvalue weighted by atomic mass is 35.5. The average Bonchev–Trinajstić information content (AvgIpc) is 2.48. The molecule has 0 spiro atoms. The van der Waals surface area contributed by atoms with Crippen LogP contribution >= 0.6 is 34.8 Å². The van der Waals surface area contributed by atoms with Crippen LogP contribution in [0.3, 0.4) is 0 Å². The summed E-state index contributed by atoms with van der Waals surface area (Å²) in [6.45, 7) is -0.186. The first kappa shape index (κ1) is 16.4. The Morgan fingerprint density at radius 1 is 1.10 bits per heavy atom. The number of nitrogens with zero attached hydrogens (tertiary/aromatic N) is 1. The predicted octanol–water partition coefficient (Wildman–Crippen LogP) is 4.46. The monoisotopic (exact) mass is 348 g/mol. The summed E-state index contributed by atoms with van der Waals surface area (Å²) in [6.07, 6.45) is 5.37. The lowest BCUT2D eigenvalue weighted by Crippen LogP contribution is -2.26. The summed E-state index contributed by atoms with van der Waals surface area (Å²) < 4.78 is 5.32. The molecular formula is C14H15Cl3N2O2. The van der Waals surface area contributed by atoms with Gasteiger partial charge in [-0.1, -0.05) is 41.2 Å². The van der Waals surface area contributed by atoms with E-state index in [4.69, 9.17) is 39.5 Å². The summed E-state index contributed by atoms with van der Waals surface area (Å²) in [6, 6.07) is 2.95. The molecule has 1 saturated carbocycles. The molecular weight excluding hydrogens is 335 g/mol.